The number of nitrogens with zero attached hydrogens (tertiary/aromatic N) is 1. The van der Waals surface area contributed by atoms with Gasteiger partial charge in [0.1, 0.15) is 5.82 Å². The third-order valence-corrected chi connectivity index (χ3v) is 3.62. The molecular formula is C16H21FN2O3. The number of anilines is 1. The molecule has 0 radical (unpaired) electrons. The lowest BCUT2D eigenvalue weighted by atomic mass is 9.98. The molecule has 0 saturated carbocycles. The molecule has 5 nitrogen and oxygen atoms in total. The van der Waals surface area contributed by atoms with Crippen LogP contribution in [0.2, 0.25) is 0 Å². The first-order chi connectivity index (χ1) is 10.6. The zero-order valence-electron chi connectivity index (χ0n) is 12.7. The second kappa shape index (κ2) is 7.89. The summed E-state index contributed by atoms with van der Waals surface area (Å²) in [7, 11) is 0. The highest BCUT2D eigenvalue weighted by molar-refractivity contribution is 5.92. The van der Waals surface area contributed by atoms with E-state index in [-0.39, 0.29) is 30.2 Å². The number of hydrogen-bond donors (Lipinski definition) is 1. The van der Waals surface area contributed by atoms with E-state index in [1.807, 2.05) is 4.90 Å². The van der Waals surface area contributed by atoms with E-state index in [1.54, 1.807) is 6.92 Å². The minimum atomic E-state index is -0.341. The van der Waals surface area contributed by atoms with Gasteiger partial charge in [-0.05, 0) is 50.6 Å². The quantitative estimate of drug-likeness (QED) is 0.846. The van der Waals surface area contributed by atoms with Crippen LogP contribution in [0.5, 0.6) is 0 Å². The van der Waals surface area contributed by atoms with Crippen LogP contribution in [0.3, 0.4) is 0 Å². The molecule has 1 fully saturated rings. The minimum Gasteiger partial charge on any atom is -0.466 e. The van der Waals surface area contributed by atoms with Crippen molar-refractivity contribution in [2.75, 3.05) is 31.6 Å². The molecule has 6 heteroatoms. The summed E-state index contributed by atoms with van der Waals surface area (Å²) in [5, 5.41) is 2.72. The number of ether oxygens (including phenoxy) is 1. The van der Waals surface area contributed by atoms with E-state index in [0.717, 1.165) is 19.4 Å². The molecule has 0 aliphatic carbocycles. The van der Waals surface area contributed by atoms with E-state index in [0.29, 0.717) is 18.8 Å². The molecule has 1 amide bonds. The van der Waals surface area contributed by atoms with Gasteiger partial charge < -0.3 is 10.1 Å². The number of piperidine rings is 1. The van der Waals surface area contributed by atoms with Crippen molar-refractivity contribution in [1.29, 1.82) is 0 Å². The van der Waals surface area contributed by atoms with Gasteiger partial charge in [0, 0.05) is 12.2 Å². The van der Waals surface area contributed by atoms with E-state index in [1.165, 1.54) is 24.3 Å². The van der Waals surface area contributed by atoms with E-state index >= 15 is 0 Å². The molecule has 1 aromatic carbocycles. The lowest BCUT2D eigenvalue weighted by Crippen LogP contribution is -2.43. The van der Waals surface area contributed by atoms with Crippen LogP contribution >= 0.6 is 0 Å². The summed E-state index contributed by atoms with van der Waals surface area (Å²) < 4.78 is 17.9. The van der Waals surface area contributed by atoms with Gasteiger partial charge >= 0.3 is 5.97 Å². The van der Waals surface area contributed by atoms with Gasteiger partial charge in [-0.3, -0.25) is 14.5 Å². The SMILES string of the molecule is CCOC(=O)[C@H]1CCCN(CC(=O)Nc2ccc(F)cc2)C1. The Balaban J connectivity index is 1.83. The molecule has 1 aromatic rings. The number of hydrogen-bond acceptors (Lipinski definition) is 4. The maximum absolute atomic E-state index is 12.8. The highest BCUT2D eigenvalue weighted by Crippen LogP contribution is 2.18. The summed E-state index contributed by atoms with van der Waals surface area (Å²) in [6.45, 7) is 3.70. The molecule has 1 aliphatic rings. The van der Waals surface area contributed by atoms with E-state index in [9.17, 15) is 14.0 Å². The fraction of sp³-hybridized carbons (Fsp3) is 0.500. The number of likely N-dealkylation sites (tertiary alicyclic amines) is 1. The number of rotatable bonds is 5. The Morgan fingerprint density at radius 2 is 2.09 bits per heavy atom. The van der Waals surface area contributed by atoms with Crippen molar-refractivity contribution in [3.8, 4) is 0 Å². The first-order valence-electron chi connectivity index (χ1n) is 7.53. The molecule has 120 valence electrons. The zero-order chi connectivity index (χ0) is 15.9. The Morgan fingerprint density at radius 3 is 2.77 bits per heavy atom. The molecule has 1 N–H and O–H groups in total. The smallest absolute Gasteiger partial charge is 0.310 e. The zero-order valence-corrected chi connectivity index (χ0v) is 12.7. The monoisotopic (exact) mass is 308 g/mol. The van der Waals surface area contributed by atoms with Crippen LogP contribution in [0.15, 0.2) is 24.3 Å². The average molecular weight is 308 g/mol. The first kappa shape index (κ1) is 16.4. The number of amides is 1. The number of carbonyl (C=O) groups excluding carboxylic acids is 2. The third-order valence-electron chi connectivity index (χ3n) is 3.62. The van der Waals surface area contributed by atoms with E-state index in [2.05, 4.69) is 5.32 Å². The Labute approximate surface area is 129 Å². The van der Waals surface area contributed by atoms with Gasteiger partial charge in [0.2, 0.25) is 5.91 Å². The summed E-state index contributed by atoms with van der Waals surface area (Å²) in [5.74, 6) is -0.860. The molecule has 0 aromatic heterocycles. The van der Waals surface area contributed by atoms with Crippen molar-refractivity contribution in [3.05, 3.63) is 30.1 Å². The molecule has 1 aliphatic heterocycles. The van der Waals surface area contributed by atoms with Gasteiger partial charge in [-0.25, -0.2) is 4.39 Å². The summed E-state index contributed by atoms with van der Waals surface area (Å²) in [6, 6.07) is 5.64. The first-order valence-corrected chi connectivity index (χ1v) is 7.53. The Hall–Kier alpha value is -1.95. The Kier molecular flexibility index (Phi) is 5.89. The van der Waals surface area contributed by atoms with Gasteiger partial charge in [-0.15, -0.1) is 0 Å². The minimum absolute atomic E-state index is 0.160. The molecule has 0 bridgehead atoms. The van der Waals surface area contributed by atoms with Gasteiger partial charge in [-0.2, -0.15) is 0 Å². The Bertz CT molecular complexity index is 519. The summed E-state index contributed by atoms with van der Waals surface area (Å²) >= 11 is 0. The molecule has 1 heterocycles. The lowest BCUT2D eigenvalue weighted by molar-refractivity contribution is -0.150. The molecular weight excluding hydrogens is 287 g/mol. The molecule has 0 unspecified atom stereocenters. The second-order valence-corrected chi connectivity index (χ2v) is 5.38. The molecule has 2 rings (SSSR count). The maximum atomic E-state index is 12.8. The van der Waals surface area contributed by atoms with Gasteiger partial charge in [0.05, 0.1) is 19.1 Å². The summed E-state index contributed by atoms with van der Waals surface area (Å²) in [5.41, 5.74) is 0.561. The van der Waals surface area contributed by atoms with E-state index in [4.69, 9.17) is 4.74 Å². The second-order valence-electron chi connectivity index (χ2n) is 5.38. The maximum Gasteiger partial charge on any atom is 0.310 e. The predicted octanol–water partition coefficient (Wildman–Crippen LogP) is 2.04. The van der Waals surface area contributed by atoms with Crippen molar-refractivity contribution in [2.24, 2.45) is 5.92 Å². The largest absolute Gasteiger partial charge is 0.466 e. The van der Waals surface area contributed by atoms with Crippen LogP contribution < -0.4 is 5.32 Å². The van der Waals surface area contributed by atoms with Crippen LogP contribution in [-0.2, 0) is 14.3 Å². The molecule has 0 spiro atoms. The van der Waals surface area contributed by atoms with Crippen LogP contribution in [0.4, 0.5) is 10.1 Å². The molecule has 22 heavy (non-hydrogen) atoms. The molecule has 1 saturated heterocycles. The highest BCUT2D eigenvalue weighted by Gasteiger charge is 2.27. The summed E-state index contributed by atoms with van der Waals surface area (Å²) in [6.07, 6.45) is 1.67. The van der Waals surface area contributed by atoms with Crippen molar-refractivity contribution >= 4 is 17.6 Å². The Morgan fingerprint density at radius 1 is 1.36 bits per heavy atom. The lowest BCUT2D eigenvalue weighted by Gasteiger charge is -2.30. The van der Waals surface area contributed by atoms with Crippen molar-refractivity contribution < 1.29 is 18.7 Å². The van der Waals surface area contributed by atoms with Crippen LogP contribution in [0.25, 0.3) is 0 Å². The summed E-state index contributed by atoms with van der Waals surface area (Å²) in [4.78, 5) is 25.7. The van der Waals surface area contributed by atoms with Crippen LogP contribution in [-0.4, -0.2) is 43.0 Å². The number of esters is 1. The highest BCUT2D eigenvalue weighted by atomic mass is 19.1. The number of nitrogens with one attached hydrogen (secondary N) is 1. The topological polar surface area (TPSA) is 58.6 Å². The van der Waals surface area contributed by atoms with Crippen molar-refractivity contribution in [2.45, 2.75) is 19.8 Å². The number of halogens is 1. The van der Waals surface area contributed by atoms with Crippen molar-refractivity contribution in [1.82, 2.24) is 4.90 Å². The average Bonchev–Trinajstić information content (AvgIpc) is 2.50. The van der Waals surface area contributed by atoms with Gasteiger partial charge in [-0.1, -0.05) is 0 Å². The number of carbonyl (C=O) groups is 2. The molecule has 1 atom stereocenters. The van der Waals surface area contributed by atoms with Gasteiger partial charge in [0.15, 0.2) is 0 Å². The third kappa shape index (κ3) is 4.80. The number of benzene rings is 1. The predicted molar refractivity (Wildman–Crippen MR) is 80.8 cm³/mol. The van der Waals surface area contributed by atoms with Crippen LogP contribution in [0, 0.1) is 11.7 Å². The normalized spacial score (nSPS) is 18.7. The fourth-order valence-corrected chi connectivity index (χ4v) is 2.59. The van der Waals surface area contributed by atoms with E-state index < -0.39 is 0 Å². The fourth-order valence-electron chi connectivity index (χ4n) is 2.59. The van der Waals surface area contributed by atoms with Gasteiger partial charge in [0.25, 0.3) is 0 Å². The van der Waals surface area contributed by atoms with Crippen molar-refractivity contribution in [3.63, 3.8) is 0 Å². The van der Waals surface area contributed by atoms with Crippen LogP contribution in [0.1, 0.15) is 19.8 Å². The standard InChI is InChI=1S/C16H21FN2O3/c1-2-22-16(21)12-4-3-9-19(10-12)11-15(20)18-14-7-5-13(17)6-8-14/h5-8,12H,2-4,9-11H2,1H3,(H,18,20)/t12-/m0/s1.